The van der Waals surface area contributed by atoms with Crippen LogP contribution in [-0.4, -0.2) is 18.1 Å². The van der Waals surface area contributed by atoms with Crippen LogP contribution in [0, 0.1) is 16.7 Å². The largest absolute Gasteiger partial charge is 0.330 e. The second kappa shape index (κ2) is 6.33. The molecule has 70 valence electrons. The molecule has 2 nitrogen and oxygen atoms in total. The van der Waals surface area contributed by atoms with Gasteiger partial charge in [0.25, 0.3) is 0 Å². The summed E-state index contributed by atoms with van der Waals surface area (Å²) in [5, 5.41) is 8.72. The van der Waals surface area contributed by atoms with Gasteiger partial charge in [-0.1, -0.05) is 0 Å². The molecular formula is C9H18N2S. The Morgan fingerprint density at radius 3 is 2.58 bits per heavy atom. The van der Waals surface area contributed by atoms with Gasteiger partial charge in [-0.2, -0.15) is 17.0 Å². The molecule has 0 bridgehead atoms. The molecule has 0 aliphatic carbocycles. The Bertz CT molecular complexity index is 149. The predicted octanol–water partition coefficient (Wildman–Crippen LogP) is 2.01. The topological polar surface area (TPSA) is 49.8 Å². The Kier molecular flexibility index (Phi) is 6.23. The zero-order chi connectivity index (χ0) is 9.45. The zero-order valence-electron chi connectivity index (χ0n) is 7.97. The molecule has 0 spiro atoms. The summed E-state index contributed by atoms with van der Waals surface area (Å²) < 4.78 is 0. The van der Waals surface area contributed by atoms with Gasteiger partial charge in [0, 0.05) is 12.3 Å². The van der Waals surface area contributed by atoms with Crippen LogP contribution in [0.3, 0.4) is 0 Å². The van der Waals surface area contributed by atoms with Crippen LogP contribution in [0.2, 0.25) is 0 Å². The Hall–Kier alpha value is -0.200. The number of rotatable bonds is 6. The first-order valence-corrected chi connectivity index (χ1v) is 5.47. The molecule has 0 radical (unpaired) electrons. The number of hydrogen-bond donors (Lipinski definition) is 1. The summed E-state index contributed by atoms with van der Waals surface area (Å²) in [6, 6.07) is 2.30. The van der Waals surface area contributed by atoms with E-state index < -0.39 is 0 Å². The first-order chi connectivity index (χ1) is 5.62. The highest BCUT2D eigenvalue weighted by Gasteiger charge is 2.15. The number of nitrogens with two attached hydrogens (primary N) is 1. The lowest BCUT2D eigenvalue weighted by Gasteiger charge is -2.13. The van der Waals surface area contributed by atoms with Crippen LogP contribution in [0.5, 0.6) is 0 Å². The van der Waals surface area contributed by atoms with Gasteiger partial charge in [-0.15, -0.1) is 0 Å². The van der Waals surface area contributed by atoms with E-state index in [1.807, 2.05) is 25.6 Å². The van der Waals surface area contributed by atoms with Crippen molar-refractivity contribution in [2.75, 3.05) is 18.1 Å². The molecular weight excluding hydrogens is 168 g/mol. The highest BCUT2D eigenvalue weighted by Crippen LogP contribution is 2.21. The molecule has 0 aromatic rings. The fourth-order valence-corrected chi connectivity index (χ4v) is 1.58. The molecule has 0 fully saturated rings. The molecule has 0 aliphatic rings. The van der Waals surface area contributed by atoms with E-state index in [1.165, 1.54) is 0 Å². The maximum Gasteiger partial charge on any atom is 0.0683 e. The van der Waals surface area contributed by atoms with Crippen LogP contribution < -0.4 is 5.73 Å². The van der Waals surface area contributed by atoms with Crippen LogP contribution in [0.15, 0.2) is 0 Å². The Morgan fingerprint density at radius 2 is 2.08 bits per heavy atom. The van der Waals surface area contributed by atoms with Crippen molar-refractivity contribution in [3.8, 4) is 6.07 Å². The highest BCUT2D eigenvalue weighted by atomic mass is 32.2. The van der Waals surface area contributed by atoms with Crippen molar-refractivity contribution in [2.24, 2.45) is 11.1 Å². The maximum absolute atomic E-state index is 8.72. The van der Waals surface area contributed by atoms with Gasteiger partial charge in [-0.25, -0.2) is 0 Å². The van der Waals surface area contributed by atoms with Crippen LogP contribution >= 0.6 is 11.8 Å². The minimum atomic E-state index is -0.150. The Balaban J connectivity index is 3.27. The van der Waals surface area contributed by atoms with Crippen LogP contribution in [0.4, 0.5) is 0 Å². The normalized spacial score (nSPS) is 11.2. The van der Waals surface area contributed by atoms with Gasteiger partial charge in [0.2, 0.25) is 0 Å². The average Bonchev–Trinajstić information content (AvgIpc) is 2.04. The van der Waals surface area contributed by atoms with Crippen LogP contribution in [0.1, 0.15) is 26.7 Å². The monoisotopic (exact) mass is 186 g/mol. The summed E-state index contributed by atoms with van der Waals surface area (Å²) in [6.45, 7) is 4.73. The number of nitriles is 1. The Morgan fingerprint density at radius 1 is 1.42 bits per heavy atom. The smallest absolute Gasteiger partial charge is 0.0683 e. The van der Waals surface area contributed by atoms with Crippen molar-refractivity contribution in [1.29, 1.82) is 5.26 Å². The first-order valence-electron chi connectivity index (χ1n) is 4.31. The number of nitrogens with zero attached hydrogens (tertiary/aromatic N) is 1. The molecule has 0 unspecified atom stereocenters. The van der Waals surface area contributed by atoms with E-state index in [0.717, 1.165) is 30.9 Å². The van der Waals surface area contributed by atoms with Crippen molar-refractivity contribution in [3.63, 3.8) is 0 Å². The molecule has 0 atom stereocenters. The average molecular weight is 186 g/mol. The van der Waals surface area contributed by atoms with E-state index in [-0.39, 0.29) is 5.41 Å². The van der Waals surface area contributed by atoms with E-state index in [2.05, 4.69) is 6.07 Å². The molecule has 0 heterocycles. The molecule has 0 saturated carbocycles. The van der Waals surface area contributed by atoms with Crippen molar-refractivity contribution < 1.29 is 0 Å². The molecule has 0 aliphatic heterocycles. The summed E-state index contributed by atoms with van der Waals surface area (Å²) in [5.74, 6) is 2.16. The lowest BCUT2D eigenvalue weighted by molar-refractivity contribution is 0.448. The van der Waals surface area contributed by atoms with E-state index in [4.69, 9.17) is 11.0 Å². The SMILES string of the molecule is CC(C)(C#N)CCCSCCN. The fraction of sp³-hybridized carbons (Fsp3) is 0.889. The predicted molar refractivity (Wildman–Crippen MR) is 55.0 cm³/mol. The lowest BCUT2D eigenvalue weighted by Crippen LogP contribution is -2.08. The van der Waals surface area contributed by atoms with Gasteiger partial charge < -0.3 is 5.73 Å². The van der Waals surface area contributed by atoms with Crippen LogP contribution in [0.25, 0.3) is 0 Å². The standard InChI is InChI=1S/C9H18N2S/c1-9(2,8-11)4-3-6-12-7-5-10/h3-7,10H2,1-2H3. The van der Waals surface area contributed by atoms with Gasteiger partial charge in [-0.05, 0) is 32.4 Å². The summed E-state index contributed by atoms with van der Waals surface area (Å²) >= 11 is 1.87. The van der Waals surface area contributed by atoms with E-state index in [1.54, 1.807) is 0 Å². The van der Waals surface area contributed by atoms with Crippen molar-refractivity contribution >= 4 is 11.8 Å². The van der Waals surface area contributed by atoms with Gasteiger partial charge >= 0.3 is 0 Å². The summed E-state index contributed by atoms with van der Waals surface area (Å²) in [5.41, 5.74) is 5.20. The zero-order valence-corrected chi connectivity index (χ0v) is 8.78. The lowest BCUT2D eigenvalue weighted by atomic mass is 9.90. The van der Waals surface area contributed by atoms with E-state index in [9.17, 15) is 0 Å². The van der Waals surface area contributed by atoms with Crippen LogP contribution in [-0.2, 0) is 0 Å². The minimum absolute atomic E-state index is 0.150. The third-order valence-corrected chi connectivity index (χ3v) is 2.76. The molecule has 0 amide bonds. The third-order valence-electron chi connectivity index (χ3n) is 1.66. The number of thioether (sulfide) groups is 1. The van der Waals surface area contributed by atoms with E-state index in [0.29, 0.717) is 0 Å². The van der Waals surface area contributed by atoms with Gasteiger partial charge in [0.15, 0.2) is 0 Å². The molecule has 12 heavy (non-hydrogen) atoms. The fourth-order valence-electron chi connectivity index (χ4n) is 0.857. The van der Waals surface area contributed by atoms with E-state index >= 15 is 0 Å². The van der Waals surface area contributed by atoms with Crippen molar-refractivity contribution in [2.45, 2.75) is 26.7 Å². The highest BCUT2D eigenvalue weighted by molar-refractivity contribution is 7.99. The molecule has 0 aromatic carbocycles. The molecule has 3 heteroatoms. The summed E-state index contributed by atoms with van der Waals surface area (Å²) in [7, 11) is 0. The number of hydrogen-bond acceptors (Lipinski definition) is 3. The quantitative estimate of drug-likeness (QED) is 0.646. The van der Waals surface area contributed by atoms with Crippen molar-refractivity contribution in [3.05, 3.63) is 0 Å². The second-order valence-corrected chi connectivity index (χ2v) is 4.73. The molecule has 2 N–H and O–H groups in total. The van der Waals surface area contributed by atoms with Gasteiger partial charge in [0.05, 0.1) is 11.5 Å². The first kappa shape index (κ1) is 11.8. The summed E-state index contributed by atoms with van der Waals surface area (Å²) in [6.07, 6.45) is 2.10. The molecule has 0 saturated heterocycles. The third kappa shape index (κ3) is 6.51. The maximum atomic E-state index is 8.72. The Labute approximate surface area is 79.5 Å². The molecule has 0 rings (SSSR count). The van der Waals surface area contributed by atoms with Gasteiger partial charge in [-0.3, -0.25) is 0 Å². The minimum Gasteiger partial charge on any atom is -0.330 e. The summed E-state index contributed by atoms with van der Waals surface area (Å²) in [4.78, 5) is 0. The van der Waals surface area contributed by atoms with Gasteiger partial charge in [0.1, 0.15) is 0 Å². The van der Waals surface area contributed by atoms with Crippen molar-refractivity contribution in [1.82, 2.24) is 0 Å². The molecule has 0 aromatic heterocycles. The second-order valence-electron chi connectivity index (χ2n) is 3.50.